The summed E-state index contributed by atoms with van der Waals surface area (Å²) in [5.41, 5.74) is 2.58. The highest BCUT2D eigenvalue weighted by molar-refractivity contribution is 5.22. The van der Waals surface area contributed by atoms with Crippen molar-refractivity contribution in [2.45, 2.75) is 39.7 Å². The quantitative estimate of drug-likeness (QED) is 0.777. The summed E-state index contributed by atoms with van der Waals surface area (Å²) in [6.45, 7) is 6.24. The topological polar surface area (TPSA) is 20.2 Å². The van der Waals surface area contributed by atoms with Crippen molar-refractivity contribution in [3.8, 4) is 0 Å². The molecule has 1 N–H and O–H groups in total. The van der Waals surface area contributed by atoms with Gasteiger partial charge < -0.3 is 5.11 Å². The molecule has 0 aliphatic rings. The van der Waals surface area contributed by atoms with Gasteiger partial charge in [-0.15, -0.1) is 0 Å². The van der Waals surface area contributed by atoms with Crippen LogP contribution >= 0.6 is 0 Å². The molecule has 0 heterocycles. The molecule has 0 saturated carbocycles. The lowest BCUT2D eigenvalue weighted by molar-refractivity contribution is 0.125. The minimum absolute atomic E-state index is 0.220. The van der Waals surface area contributed by atoms with E-state index in [1.807, 2.05) is 13.8 Å². The first kappa shape index (κ1) is 11.3. The molecule has 1 rings (SSSR count). The second-order valence-corrected chi connectivity index (χ2v) is 4.19. The first-order chi connectivity index (χ1) is 6.63. The van der Waals surface area contributed by atoms with E-state index in [-0.39, 0.29) is 6.10 Å². The van der Waals surface area contributed by atoms with Crippen molar-refractivity contribution in [3.05, 3.63) is 35.4 Å². The van der Waals surface area contributed by atoms with E-state index in [2.05, 4.69) is 31.2 Å². The lowest BCUT2D eigenvalue weighted by atomic mass is 9.98. The number of aryl methyl sites for hydroxylation is 1. The second kappa shape index (κ2) is 5.16. The van der Waals surface area contributed by atoms with Crippen LogP contribution in [0.1, 0.15) is 31.9 Å². The molecule has 1 aromatic carbocycles. The van der Waals surface area contributed by atoms with Crippen molar-refractivity contribution in [1.82, 2.24) is 0 Å². The second-order valence-electron chi connectivity index (χ2n) is 4.19. The summed E-state index contributed by atoms with van der Waals surface area (Å²) in [6.07, 6.45) is 1.62. The average molecular weight is 192 g/mol. The number of benzene rings is 1. The van der Waals surface area contributed by atoms with Gasteiger partial charge in [-0.25, -0.2) is 0 Å². The zero-order chi connectivity index (χ0) is 10.6. The van der Waals surface area contributed by atoms with E-state index < -0.39 is 0 Å². The van der Waals surface area contributed by atoms with Crippen molar-refractivity contribution in [3.63, 3.8) is 0 Å². The van der Waals surface area contributed by atoms with Gasteiger partial charge in [0.05, 0.1) is 6.10 Å². The predicted octanol–water partition coefficient (Wildman–Crippen LogP) is 2.81. The van der Waals surface area contributed by atoms with E-state index in [1.54, 1.807) is 0 Å². The van der Waals surface area contributed by atoms with Gasteiger partial charge in [-0.1, -0.05) is 45.0 Å². The third-order valence-corrected chi connectivity index (χ3v) is 2.65. The Morgan fingerprint density at radius 2 is 1.57 bits per heavy atom. The maximum absolute atomic E-state index is 9.71. The van der Waals surface area contributed by atoms with Gasteiger partial charge in [-0.2, -0.15) is 0 Å². The fraction of sp³-hybridized carbons (Fsp3) is 0.538. The van der Waals surface area contributed by atoms with Gasteiger partial charge in [0, 0.05) is 0 Å². The summed E-state index contributed by atoms with van der Waals surface area (Å²) in [7, 11) is 0. The van der Waals surface area contributed by atoms with Crippen molar-refractivity contribution < 1.29 is 5.11 Å². The van der Waals surface area contributed by atoms with Crippen molar-refractivity contribution >= 4 is 0 Å². The Morgan fingerprint density at radius 3 is 2.00 bits per heavy atom. The predicted molar refractivity (Wildman–Crippen MR) is 60.4 cm³/mol. The molecule has 0 saturated heterocycles. The minimum Gasteiger partial charge on any atom is -0.393 e. The largest absolute Gasteiger partial charge is 0.393 e. The summed E-state index contributed by atoms with van der Waals surface area (Å²) in [4.78, 5) is 0. The Morgan fingerprint density at radius 1 is 1.07 bits per heavy atom. The van der Waals surface area contributed by atoms with E-state index in [1.165, 1.54) is 11.1 Å². The molecule has 1 atom stereocenters. The zero-order valence-electron chi connectivity index (χ0n) is 9.33. The van der Waals surface area contributed by atoms with Crippen molar-refractivity contribution in [2.75, 3.05) is 0 Å². The fourth-order valence-electron chi connectivity index (χ4n) is 1.39. The molecule has 0 radical (unpaired) electrons. The molecule has 0 aliphatic heterocycles. The Kier molecular flexibility index (Phi) is 4.15. The van der Waals surface area contributed by atoms with Gasteiger partial charge in [0.1, 0.15) is 0 Å². The van der Waals surface area contributed by atoms with Gasteiger partial charge in [-0.05, 0) is 29.9 Å². The van der Waals surface area contributed by atoms with Crippen LogP contribution in [0.2, 0.25) is 0 Å². The van der Waals surface area contributed by atoms with Gasteiger partial charge in [0.2, 0.25) is 0 Å². The Bertz CT molecular complexity index is 261. The molecule has 1 unspecified atom stereocenters. The molecule has 0 bridgehead atoms. The smallest absolute Gasteiger partial charge is 0.0603 e. The van der Waals surface area contributed by atoms with Crippen molar-refractivity contribution in [2.24, 2.45) is 5.92 Å². The molecule has 0 amide bonds. The molecule has 0 spiro atoms. The highest BCUT2D eigenvalue weighted by Gasteiger charge is 2.09. The first-order valence-electron chi connectivity index (χ1n) is 5.39. The SMILES string of the molecule is CCc1ccc(CC(O)C(C)C)cc1. The van der Waals surface area contributed by atoms with Crippen LogP contribution in [0.15, 0.2) is 24.3 Å². The standard InChI is InChI=1S/C13H20O/c1-4-11-5-7-12(8-6-11)9-13(14)10(2)3/h5-8,10,13-14H,4,9H2,1-3H3. The van der Waals surface area contributed by atoms with E-state index in [0.29, 0.717) is 5.92 Å². The van der Waals surface area contributed by atoms with Crippen LogP contribution in [-0.2, 0) is 12.8 Å². The molecule has 1 heteroatoms. The number of rotatable bonds is 4. The molecular formula is C13H20O. The normalized spacial score (nSPS) is 13.2. The molecule has 0 fully saturated rings. The number of hydrogen-bond donors (Lipinski definition) is 1. The summed E-state index contributed by atoms with van der Waals surface area (Å²) in [5, 5.41) is 9.71. The first-order valence-corrected chi connectivity index (χ1v) is 5.39. The summed E-state index contributed by atoms with van der Waals surface area (Å²) >= 11 is 0. The molecule has 1 aromatic rings. The maximum Gasteiger partial charge on any atom is 0.0603 e. The monoisotopic (exact) mass is 192 g/mol. The van der Waals surface area contributed by atoms with Gasteiger partial charge in [0.25, 0.3) is 0 Å². The Labute approximate surface area is 86.8 Å². The zero-order valence-corrected chi connectivity index (χ0v) is 9.33. The maximum atomic E-state index is 9.71. The fourth-order valence-corrected chi connectivity index (χ4v) is 1.39. The lowest BCUT2D eigenvalue weighted by Gasteiger charge is -2.14. The summed E-state index contributed by atoms with van der Waals surface area (Å²) in [6, 6.07) is 8.51. The molecule has 0 aliphatic carbocycles. The highest BCUT2D eigenvalue weighted by atomic mass is 16.3. The van der Waals surface area contributed by atoms with E-state index in [9.17, 15) is 5.11 Å². The van der Waals surface area contributed by atoms with Crippen LogP contribution in [-0.4, -0.2) is 11.2 Å². The van der Waals surface area contributed by atoms with Crippen LogP contribution in [0.25, 0.3) is 0 Å². The van der Waals surface area contributed by atoms with Gasteiger partial charge in [0.15, 0.2) is 0 Å². The highest BCUT2D eigenvalue weighted by Crippen LogP contribution is 2.11. The number of aliphatic hydroxyl groups is 1. The number of aliphatic hydroxyl groups excluding tert-OH is 1. The van der Waals surface area contributed by atoms with Gasteiger partial charge >= 0.3 is 0 Å². The molecule has 78 valence electrons. The van der Waals surface area contributed by atoms with Crippen LogP contribution in [0.4, 0.5) is 0 Å². The third-order valence-electron chi connectivity index (χ3n) is 2.65. The Balaban J connectivity index is 2.59. The summed E-state index contributed by atoms with van der Waals surface area (Å²) in [5.74, 6) is 0.334. The summed E-state index contributed by atoms with van der Waals surface area (Å²) < 4.78 is 0. The van der Waals surface area contributed by atoms with E-state index in [4.69, 9.17) is 0 Å². The van der Waals surface area contributed by atoms with Crippen LogP contribution in [0.3, 0.4) is 0 Å². The van der Waals surface area contributed by atoms with Crippen LogP contribution < -0.4 is 0 Å². The van der Waals surface area contributed by atoms with Crippen LogP contribution in [0.5, 0.6) is 0 Å². The average Bonchev–Trinajstić information content (AvgIpc) is 2.19. The number of hydrogen-bond acceptors (Lipinski definition) is 1. The molecule has 0 aromatic heterocycles. The van der Waals surface area contributed by atoms with Gasteiger partial charge in [-0.3, -0.25) is 0 Å². The third kappa shape index (κ3) is 3.15. The van der Waals surface area contributed by atoms with E-state index >= 15 is 0 Å². The van der Waals surface area contributed by atoms with Crippen molar-refractivity contribution in [1.29, 1.82) is 0 Å². The molecule has 1 nitrogen and oxygen atoms in total. The Hall–Kier alpha value is -0.820. The molecular weight excluding hydrogens is 172 g/mol. The minimum atomic E-state index is -0.220. The lowest BCUT2D eigenvalue weighted by Crippen LogP contribution is -2.17. The van der Waals surface area contributed by atoms with E-state index in [0.717, 1.165) is 12.8 Å². The molecule has 14 heavy (non-hydrogen) atoms. The van der Waals surface area contributed by atoms with Crippen LogP contribution in [0, 0.1) is 5.92 Å².